The number of aliphatic hydroxyl groups is 4. The Labute approximate surface area is 414 Å². The Hall–Kier alpha value is -1.86. The lowest BCUT2D eigenvalue weighted by Gasteiger charge is -2.62. The molecule has 0 unspecified atom stereocenters. The van der Waals surface area contributed by atoms with Crippen molar-refractivity contribution in [2.45, 2.75) is 233 Å². The molecule has 2 aromatic heterocycles. The van der Waals surface area contributed by atoms with Gasteiger partial charge in [-0.25, -0.2) is 0 Å². The number of aliphatic hydroxyl groups excluding tert-OH is 2. The maximum absolute atomic E-state index is 11.1. The highest BCUT2D eigenvalue weighted by Crippen LogP contribution is 2.71. The molecule has 6 heteroatoms. The molecule has 0 radical (unpaired) electrons. The maximum atomic E-state index is 11.1. The number of pyridine rings is 2. The van der Waals surface area contributed by atoms with Crippen LogP contribution in [0.4, 0.5) is 0 Å². The second kappa shape index (κ2) is 19.9. The topological polar surface area (TPSA) is 107 Å². The summed E-state index contributed by atoms with van der Waals surface area (Å²) in [6.45, 7) is 19.8. The predicted octanol–water partition coefficient (Wildman–Crippen LogP) is 14.7. The summed E-state index contributed by atoms with van der Waals surface area (Å²) in [5.74, 6) is 9.65. The minimum Gasteiger partial charge on any atom is -0.390 e. The van der Waals surface area contributed by atoms with Crippen LogP contribution >= 0.6 is 0 Å². The summed E-state index contributed by atoms with van der Waals surface area (Å²) in [6, 6.07) is 7.85. The summed E-state index contributed by atoms with van der Waals surface area (Å²) in [5, 5.41) is 43.5. The van der Waals surface area contributed by atoms with Gasteiger partial charge in [0.15, 0.2) is 0 Å². The average molecular weight is 935 g/mol. The Morgan fingerprint density at radius 1 is 0.500 bits per heavy atom. The number of fused-ring (bicyclic) bond motifs is 10. The molecule has 2 aromatic rings. The molecule has 0 amide bonds. The number of hydrogen-bond acceptors (Lipinski definition) is 6. The van der Waals surface area contributed by atoms with Gasteiger partial charge in [0, 0.05) is 24.8 Å². The first-order chi connectivity index (χ1) is 32.4. The van der Waals surface area contributed by atoms with E-state index >= 15 is 0 Å². The predicted molar refractivity (Wildman–Crippen MR) is 276 cm³/mol. The van der Waals surface area contributed by atoms with Crippen molar-refractivity contribution in [2.75, 3.05) is 0 Å². The van der Waals surface area contributed by atoms with E-state index in [4.69, 9.17) is 0 Å². The molecule has 8 fully saturated rings. The quantitative estimate of drug-likeness (QED) is 0.169. The molecule has 10 rings (SSSR count). The molecule has 68 heavy (non-hydrogen) atoms. The summed E-state index contributed by atoms with van der Waals surface area (Å²) < 4.78 is 0. The van der Waals surface area contributed by atoms with Crippen LogP contribution in [0.3, 0.4) is 0 Å². The van der Waals surface area contributed by atoms with Gasteiger partial charge >= 0.3 is 0 Å². The Bertz CT molecular complexity index is 1830. The first-order valence-corrected chi connectivity index (χ1v) is 29.0. The van der Waals surface area contributed by atoms with Crippen LogP contribution in [-0.4, -0.2) is 41.6 Å². The molecular weight excluding hydrogens is 837 g/mol. The minimum atomic E-state index is -0.394. The summed E-state index contributed by atoms with van der Waals surface area (Å²) in [5.41, 5.74) is 2.97. The molecule has 0 saturated heterocycles. The molecule has 0 bridgehead atoms. The van der Waals surface area contributed by atoms with E-state index in [2.05, 4.69) is 65.4 Å². The fraction of sp³-hybridized carbons (Fsp3) is 0.839. The average Bonchev–Trinajstić information content (AvgIpc) is 3.90. The zero-order valence-electron chi connectivity index (χ0n) is 44.4. The van der Waals surface area contributed by atoms with E-state index in [1.165, 1.54) is 89.9 Å². The third-order valence-corrected chi connectivity index (χ3v) is 24.4. The number of nitrogens with zero attached hydrogens (tertiary/aromatic N) is 2. The third kappa shape index (κ3) is 9.26. The molecule has 8 saturated carbocycles. The van der Waals surface area contributed by atoms with Crippen LogP contribution in [0.25, 0.3) is 0 Å². The second-order valence-corrected chi connectivity index (χ2v) is 27.0. The lowest BCUT2D eigenvalue weighted by Crippen LogP contribution is -2.56. The standard InChI is InChI=1S/2C31H49NO2/c2*1-5-31(34)17-16-29(3)23(19-31)9-10-24-26-12-11-25(30(26,4)15-14-27(24)29)21(2)8-13-28(33)22-7-6-18-32-20-22/h2*6-7,18,20-21,23-28,33-34H,5,8-17,19H2,1-4H3/t21-,23+,24+,25-,26+,27+,28+,29+,30-,31+;21-,23+,24+,25-,26+,27+,28-,29+,30-,31+/m11/s1. The van der Waals surface area contributed by atoms with Crippen molar-refractivity contribution in [1.82, 2.24) is 9.97 Å². The number of aromatic nitrogens is 2. The van der Waals surface area contributed by atoms with E-state index in [0.717, 1.165) is 135 Å². The van der Waals surface area contributed by atoms with E-state index in [0.29, 0.717) is 33.5 Å². The van der Waals surface area contributed by atoms with Crippen molar-refractivity contribution in [3.63, 3.8) is 0 Å². The Balaban J connectivity index is 0.000000170. The van der Waals surface area contributed by atoms with E-state index in [1.54, 1.807) is 12.4 Å². The van der Waals surface area contributed by atoms with E-state index in [-0.39, 0.29) is 12.2 Å². The molecule has 8 aliphatic carbocycles. The van der Waals surface area contributed by atoms with E-state index in [1.807, 2.05) is 36.7 Å². The third-order valence-electron chi connectivity index (χ3n) is 24.4. The van der Waals surface area contributed by atoms with Gasteiger partial charge in [-0.2, -0.15) is 0 Å². The van der Waals surface area contributed by atoms with Crippen molar-refractivity contribution in [3.8, 4) is 0 Å². The van der Waals surface area contributed by atoms with Crippen molar-refractivity contribution < 1.29 is 20.4 Å². The molecule has 0 aliphatic heterocycles. The first kappa shape index (κ1) is 51.1. The maximum Gasteiger partial charge on any atom is 0.0805 e. The molecule has 8 aliphatic rings. The van der Waals surface area contributed by atoms with Crippen LogP contribution in [0.2, 0.25) is 0 Å². The summed E-state index contributed by atoms with van der Waals surface area (Å²) in [6.07, 6.45) is 35.4. The van der Waals surface area contributed by atoms with Crippen LogP contribution in [0, 0.1) is 92.7 Å². The molecule has 0 spiro atoms. The fourth-order valence-corrected chi connectivity index (χ4v) is 20.0. The van der Waals surface area contributed by atoms with Gasteiger partial charge in [-0.3, -0.25) is 9.97 Å². The van der Waals surface area contributed by atoms with Crippen LogP contribution in [0.5, 0.6) is 0 Å². The molecule has 6 nitrogen and oxygen atoms in total. The van der Waals surface area contributed by atoms with E-state index < -0.39 is 11.2 Å². The van der Waals surface area contributed by atoms with Gasteiger partial charge in [0.05, 0.1) is 23.4 Å². The van der Waals surface area contributed by atoms with Crippen molar-refractivity contribution in [2.24, 2.45) is 92.7 Å². The van der Waals surface area contributed by atoms with Crippen molar-refractivity contribution >= 4 is 0 Å². The Morgan fingerprint density at radius 2 is 0.897 bits per heavy atom. The fourth-order valence-electron chi connectivity index (χ4n) is 20.0. The van der Waals surface area contributed by atoms with Gasteiger partial charge in [0.1, 0.15) is 0 Å². The summed E-state index contributed by atoms with van der Waals surface area (Å²) in [7, 11) is 0. The largest absolute Gasteiger partial charge is 0.390 e. The van der Waals surface area contributed by atoms with Crippen LogP contribution < -0.4 is 0 Å². The molecule has 380 valence electrons. The zero-order chi connectivity index (χ0) is 48.3. The molecule has 4 N–H and O–H groups in total. The number of rotatable bonds is 12. The summed E-state index contributed by atoms with van der Waals surface area (Å²) >= 11 is 0. The molecular formula is C62H98N2O4. The number of hydrogen-bond donors (Lipinski definition) is 4. The highest BCUT2D eigenvalue weighted by atomic mass is 16.3. The highest BCUT2D eigenvalue weighted by molar-refractivity contribution is 5.15. The van der Waals surface area contributed by atoms with Gasteiger partial charge in [-0.15, -0.1) is 0 Å². The normalized spacial score (nSPS) is 45.6. The molecule has 0 aromatic carbocycles. The smallest absolute Gasteiger partial charge is 0.0805 e. The Morgan fingerprint density at radius 3 is 1.26 bits per heavy atom. The molecule has 20 atom stereocenters. The van der Waals surface area contributed by atoms with Crippen molar-refractivity contribution in [3.05, 3.63) is 60.2 Å². The summed E-state index contributed by atoms with van der Waals surface area (Å²) in [4.78, 5) is 8.37. The van der Waals surface area contributed by atoms with Gasteiger partial charge in [-0.1, -0.05) is 67.5 Å². The second-order valence-electron chi connectivity index (χ2n) is 27.0. The highest BCUT2D eigenvalue weighted by Gasteiger charge is 2.63. The lowest BCUT2D eigenvalue weighted by atomic mass is 9.43. The molecule has 2 heterocycles. The van der Waals surface area contributed by atoms with Crippen LogP contribution in [0.15, 0.2) is 49.1 Å². The van der Waals surface area contributed by atoms with E-state index in [9.17, 15) is 20.4 Å². The van der Waals surface area contributed by atoms with Crippen LogP contribution in [-0.2, 0) is 0 Å². The Kier molecular flexibility index (Phi) is 14.9. The van der Waals surface area contributed by atoms with Crippen molar-refractivity contribution in [1.29, 1.82) is 0 Å². The van der Waals surface area contributed by atoms with Gasteiger partial charge in [0.2, 0.25) is 0 Å². The van der Waals surface area contributed by atoms with Gasteiger partial charge in [0.25, 0.3) is 0 Å². The van der Waals surface area contributed by atoms with Crippen LogP contribution in [0.1, 0.15) is 233 Å². The monoisotopic (exact) mass is 935 g/mol. The first-order valence-electron chi connectivity index (χ1n) is 29.0. The SMILES string of the molecule is CC[C@]1(O)CC[C@@]2(C)[C@@H](CC[C@@H]3[C@@H]2CC[C@]2(C)[C@@H]([C@H](C)CC[C@@H](O)c4cccnc4)CC[C@@H]32)C1.CC[C@]1(O)CC[C@@]2(C)[C@@H](CC[C@@H]3[C@@H]2CC[C@]2(C)[C@@H]([C@H](C)CC[C@H](O)c4cccnc4)CC[C@@H]32)C1. The van der Waals surface area contributed by atoms with Gasteiger partial charge in [-0.05, 0) is 270 Å². The zero-order valence-corrected chi connectivity index (χ0v) is 44.4. The van der Waals surface area contributed by atoms with Gasteiger partial charge < -0.3 is 20.4 Å². The minimum absolute atomic E-state index is 0.389. The lowest BCUT2D eigenvalue weighted by molar-refractivity contribution is -0.152.